The molecule has 5 heteroatoms. The Morgan fingerprint density at radius 3 is 2.64 bits per heavy atom. The maximum absolute atomic E-state index is 11.9. The van der Waals surface area contributed by atoms with Gasteiger partial charge in [-0.1, -0.05) is 19.1 Å². The van der Waals surface area contributed by atoms with Crippen molar-refractivity contribution in [2.24, 2.45) is 4.99 Å². The second-order valence-corrected chi connectivity index (χ2v) is 4.95. The van der Waals surface area contributed by atoms with Gasteiger partial charge in [0.25, 0.3) is 0 Å². The summed E-state index contributed by atoms with van der Waals surface area (Å²) < 4.78 is 6.69. The molecule has 1 rings (SSSR count). The Bertz CT molecular complexity index is 622. The molecule has 1 aromatic rings. The normalized spacial score (nSPS) is 13.5. The number of ether oxygens (including phenoxy) is 1. The summed E-state index contributed by atoms with van der Waals surface area (Å²) >= 11 is 0. The van der Waals surface area contributed by atoms with Gasteiger partial charge in [0, 0.05) is 11.9 Å². The van der Waals surface area contributed by atoms with Gasteiger partial charge in [0.2, 0.25) is 0 Å². The van der Waals surface area contributed by atoms with E-state index in [9.17, 15) is 4.79 Å². The van der Waals surface area contributed by atoms with E-state index in [1.165, 1.54) is 0 Å². The van der Waals surface area contributed by atoms with Crippen molar-refractivity contribution in [2.45, 2.75) is 48.0 Å². The predicted octanol–water partition coefficient (Wildman–Crippen LogP) is 3.89. The van der Waals surface area contributed by atoms with Gasteiger partial charge < -0.3 is 4.74 Å². The molecular formula is C17H25N3O2. The number of hydrogen-bond donors (Lipinski definition) is 0. The van der Waals surface area contributed by atoms with Gasteiger partial charge in [0.15, 0.2) is 5.84 Å². The van der Waals surface area contributed by atoms with Crippen molar-refractivity contribution >= 4 is 11.8 Å². The molecule has 0 unspecified atom stereocenters. The lowest BCUT2D eigenvalue weighted by Gasteiger charge is -2.07. The zero-order valence-electron chi connectivity index (χ0n) is 14.3. The smallest absolute Gasteiger partial charge is 0.341 e. The minimum Gasteiger partial charge on any atom is -0.462 e. The molecule has 0 saturated heterocycles. The van der Waals surface area contributed by atoms with Crippen LogP contribution >= 0.6 is 0 Å². The fourth-order valence-electron chi connectivity index (χ4n) is 1.94. The fraction of sp³-hybridized carbons (Fsp3) is 0.471. The largest absolute Gasteiger partial charge is 0.462 e. The lowest BCUT2D eigenvalue weighted by Crippen LogP contribution is -2.14. The van der Waals surface area contributed by atoms with Crippen molar-refractivity contribution in [3.8, 4) is 0 Å². The highest BCUT2D eigenvalue weighted by Crippen LogP contribution is 2.12. The molecule has 0 aromatic carbocycles. The minimum absolute atomic E-state index is 0.344. The minimum atomic E-state index is -0.357. The van der Waals surface area contributed by atoms with Crippen LogP contribution in [0.3, 0.4) is 0 Å². The van der Waals surface area contributed by atoms with Gasteiger partial charge in [0.05, 0.1) is 12.3 Å². The molecule has 0 aliphatic rings. The molecule has 1 heterocycles. The van der Waals surface area contributed by atoms with E-state index in [1.807, 2.05) is 32.9 Å². The molecule has 120 valence electrons. The van der Waals surface area contributed by atoms with Crippen LogP contribution in [0.1, 0.15) is 57.1 Å². The number of carbonyl (C=O) groups is 1. The fourth-order valence-corrected chi connectivity index (χ4v) is 1.94. The van der Waals surface area contributed by atoms with Gasteiger partial charge in [-0.2, -0.15) is 5.10 Å². The van der Waals surface area contributed by atoms with E-state index >= 15 is 0 Å². The Labute approximate surface area is 132 Å². The van der Waals surface area contributed by atoms with Crippen LogP contribution in [0.15, 0.2) is 34.6 Å². The Morgan fingerprint density at radius 1 is 1.41 bits per heavy atom. The predicted molar refractivity (Wildman–Crippen MR) is 89.2 cm³/mol. The second-order valence-electron chi connectivity index (χ2n) is 4.95. The van der Waals surface area contributed by atoms with Crippen LogP contribution in [0.5, 0.6) is 0 Å². The molecule has 0 radical (unpaired) electrons. The molecule has 0 N–H and O–H groups in total. The van der Waals surface area contributed by atoms with Crippen molar-refractivity contribution in [3.63, 3.8) is 0 Å². The third-order valence-corrected chi connectivity index (χ3v) is 3.18. The van der Waals surface area contributed by atoms with Crippen molar-refractivity contribution in [1.82, 2.24) is 9.78 Å². The highest BCUT2D eigenvalue weighted by molar-refractivity contribution is 6.00. The summed E-state index contributed by atoms with van der Waals surface area (Å²) in [5, 5.41) is 4.41. The Kier molecular flexibility index (Phi) is 6.76. The average molecular weight is 303 g/mol. The number of carbonyl (C=O) groups excluding carboxylic acids is 1. The van der Waals surface area contributed by atoms with Crippen molar-refractivity contribution in [2.75, 3.05) is 6.61 Å². The highest BCUT2D eigenvalue weighted by Gasteiger charge is 2.17. The van der Waals surface area contributed by atoms with E-state index in [-0.39, 0.29) is 5.97 Å². The first kappa shape index (κ1) is 17.9. The molecule has 0 atom stereocenters. The molecule has 0 amide bonds. The van der Waals surface area contributed by atoms with Crippen molar-refractivity contribution in [1.29, 1.82) is 0 Å². The van der Waals surface area contributed by atoms with E-state index in [0.29, 0.717) is 23.7 Å². The quantitative estimate of drug-likeness (QED) is 0.471. The molecule has 0 saturated carbocycles. The Hall–Kier alpha value is -2.17. The van der Waals surface area contributed by atoms with Crippen LogP contribution in [0.2, 0.25) is 0 Å². The number of nitrogens with zero attached hydrogens (tertiary/aromatic N) is 3. The molecular weight excluding hydrogens is 278 g/mol. The standard InChI is InChI=1S/C17H25N3O2/c1-7-10-13(5)18-16(12(4)8-2)20-11-15(14(6)19-20)17(21)22-9-3/h8,10-11H,7,9H2,1-6H3. The topological polar surface area (TPSA) is 56.5 Å². The number of rotatable bonds is 5. The first-order valence-electron chi connectivity index (χ1n) is 7.57. The molecule has 0 bridgehead atoms. The molecule has 0 fully saturated rings. The molecule has 1 aromatic heterocycles. The molecule has 22 heavy (non-hydrogen) atoms. The maximum Gasteiger partial charge on any atom is 0.341 e. The molecule has 0 spiro atoms. The Morgan fingerprint density at radius 2 is 2.09 bits per heavy atom. The highest BCUT2D eigenvalue weighted by atomic mass is 16.5. The maximum atomic E-state index is 11.9. The van der Waals surface area contributed by atoms with Gasteiger partial charge in [-0.25, -0.2) is 14.5 Å². The van der Waals surface area contributed by atoms with Gasteiger partial charge in [-0.05, 0) is 46.6 Å². The summed E-state index contributed by atoms with van der Waals surface area (Å²) in [6.45, 7) is 11.9. The lowest BCUT2D eigenvalue weighted by atomic mass is 10.2. The van der Waals surface area contributed by atoms with Gasteiger partial charge in [0.1, 0.15) is 5.56 Å². The van der Waals surface area contributed by atoms with Gasteiger partial charge in [-0.15, -0.1) is 0 Å². The van der Waals surface area contributed by atoms with Crippen molar-refractivity contribution < 1.29 is 9.53 Å². The number of aromatic nitrogens is 2. The summed E-state index contributed by atoms with van der Waals surface area (Å²) in [6.07, 6.45) is 6.62. The van der Waals surface area contributed by atoms with E-state index in [0.717, 1.165) is 17.7 Å². The molecule has 0 aliphatic carbocycles. The number of aliphatic imine (C=N–C) groups is 1. The lowest BCUT2D eigenvalue weighted by molar-refractivity contribution is 0.0525. The van der Waals surface area contributed by atoms with Crippen LogP contribution in [0, 0.1) is 6.92 Å². The van der Waals surface area contributed by atoms with E-state index < -0.39 is 0 Å². The van der Waals surface area contributed by atoms with Gasteiger partial charge >= 0.3 is 5.97 Å². The monoisotopic (exact) mass is 303 g/mol. The SMILES string of the molecule is CC=C(C)C(=NC(C)=CCC)n1cc(C(=O)OCC)c(C)n1. The summed E-state index contributed by atoms with van der Waals surface area (Å²) in [6, 6.07) is 0. The first-order valence-corrected chi connectivity index (χ1v) is 7.57. The van der Waals surface area contributed by atoms with Crippen LogP contribution in [-0.4, -0.2) is 28.2 Å². The van der Waals surface area contributed by atoms with Crippen LogP contribution in [-0.2, 0) is 4.74 Å². The Balaban J connectivity index is 3.31. The third-order valence-electron chi connectivity index (χ3n) is 3.18. The molecule has 0 aliphatic heterocycles. The van der Waals surface area contributed by atoms with Gasteiger partial charge in [-0.3, -0.25) is 0 Å². The summed E-state index contributed by atoms with van der Waals surface area (Å²) in [7, 11) is 0. The first-order chi connectivity index (χ1) is 10.4. The number of allylic oxidation sites excluding steroid dienone is 4. The van der Waals surface area contributed by atoms with E-state index in [2.05, 4.69) is 17.0 Å². The zero-order chi connectivity index (χ0) is 16.7. The van der Waals surface area contributed by atoms with Crippen LogP contribution < -0.4 is 0 Å². The summed E-state index contributed by atoms with van der Waals surface area (Å²) in [4.78, 5) is 16.5. The van der Waals surface area contributed by atoms with Crippen LogP contribution in [0.4, 0.5) is 0 Å². The van der Waals surface area contributed by atoms with E-state index in [4.69, 9.17) is 4.74 Å². The summed E-state index contributed by atoms with van der Waals surface area (Å²) in [5.41, 5.74) is 3.01. The zero-order valence-corrected chi connectivity index (χ0v) is 14.3. The number of esters is 1. The second kappa shape index (κ2) is 8.32. The third kappa shape index (κ3) is 4.41. The number of aryl methyl sites for hydroxylation is 1. The van der Waals surface area contributed by atoms with Crippen molar-refractivity contribution in [3.05, 3.63) is 40.9 Å². The molecule has 5 nitrogen and oxygen atoms in total. The van der Waals surface area contributed by atoms with Crippen LogP contribution in [0.25, 0.3) is 0 Å². The average Bonchev–Trinajstić information content (AvgIpc) is 2.86. The number of hydrogen-bond acceptors (Lipinski definition) is 4. The van der Waals surface area contributed by atoms with E-state index in [1.54, 1.807) is 24.7 Å². The summed E-state index contributed by atoms with van der Waals surface area (Å²) in [5.74, 6) is 0.355.